The van der Waals surface area contributed by atoms with Crippen molar-refractivity contribution in [2.45, 2.75) is 119 Å². The maximum Gasteiger partial charge on any atom is 0.217 e. The fraction of sp³-hybridized carbons (Fsp3) is 0.426. The summed E-state index contributed by atoms with van der Waals surface area (Å²) < 4.78 is 40.5. The topological polar surface area (TPSA) is 151 Å². The van der Waals surface area contributed by atoms with Crippen LogP contribution in [0.4, 0.5) is 0 Å². The van der Waals surface area contributed by atoms with Gasteiger partial charge in [0.25, 0.3) is 0 Å². The van der Waals surface area contributed by atoms with Crippen LogP contribution in [0.5, 0.6) is 0 Å². The lowest BCUT2D eigenvalue weighted by Gasteiger charge is -2.49. The molecule has 2 fully saturated rings. The Morgan fingerprint density at radius 1 is 0.677 bits per heavy atom. The normalized spacial score (nSPS) is 29.4. The number of carbonyl (C=O) groups excluding carboxylic acids is 1. The quantitative estimate of drug-likeness (QED) is 0.115. The molecule has 1 amide bonds. The molecule has 2 heterocycles. The molecule has 65 heavy (non-hydrogen) atoms. The van der Waals surface area contributed by atoms with E-state index in [1.807, 2.05) is 61.5 Å². The van der Waals surface area contributed by atoms with Crippen LogP contribution >= 0.6 is 0 Å². The van der Waals surface area contributed by atoms with Gasteiger partial charge in [-0.25, -0.2) is 0 Å². The van der Waals surface area contributed by atoms with Crippen LogP contribution < -0.4 is 11.1 Å². The zero-order chi connectivity index (χ0) is 45.4. The van der Waals surface area contributed by atoms with Gasteiger partial charge in [-0.3, -0.25) is 4.79 Å². The summed E-state index contributed by atoms with van der Waals surface area (Å²) in [5.41, 5.74) is 11.1. The number of nitrogens with one attached hydrogen (secondary N) is 1. The van der Waals surface area contributed by atoms with E-state index < -0.39 is 72.3 Å². The van der Waals surface area contributed by atoms with Crippen molar-refractivity contribution in [2.75, 3.05) is 20.3 Å². The van der Waals surface area contributed by atoms with Gasteiger partial charge in [0, 0.05) is 20.0 Å². The first kappa shape index (κ1) is 46.7. The number of hydrogen-bond donors (Lipinski definition) is 4. The maximum absolute atomic E-state index is 12.6. The van der Waals surface area contributed by atoms with Crippen molar-refractivity contribution in [3.63, 3.8) is 0 Å². The van der Waals surface area contributed by atoms with Gasteiger partial charge in [0.2, 0.25) is 5.91 Å². The minimum atomic E-state index is -1.37. The average Bonchev–Trinajstić information content (AvgIpc) is 3.36. The summed E-state index contributed by atoms with van der Waals surface area (Å²) in [6.45, 7) is 3.27. The van der Waals surface area contributed by atoms with Gasteiger partial charge in [-0.1, -0.05) is 153 Å². The molecule has 0 spiro atoms. The lowest BCUT2D eigenvalue weighted by Crippen LogP contribution is -2.68. The largest absolute Gasteiger partial charge is 0.391 e. The number of aliphatic hydroxyl groups excluding tert-OH is 2. The van der Waals surface area contributed by atoms with Crippen LogP contribution in [-0.2, 0) is 44.4 Å². The molecule has 10 unspecified atom stereocenters. The van der Waals surface area contributed by atoms with Gasteiger partial charge >= 0.3 is 0 Å². The van der Waals surface area contributed by atoms with Crippen LogP contribution in [0.3, 0.4) is 0 Å². The highest BCUT2D eigenvalue weighted by atomic mass is 16.7. The molecule has 2 aliphatic heterocycles. The lowest BCUT2D eigenvalue weighted by molar-refractivity contribution is -0.328. The third-order valence-electron chi connectivity index (χ3n) is 13.6. The van der Waals surface area contributed by atoms with E-state index in [4.69, 9.17) is 34.2 Å². The van der Waals surface area contributed by atoms with E-state index in [2.05, 4.69) is 96.4 Å². The molecule has 2 saturated heterocycles. The molecule has 344 valence electrons. The number of allylic oxidation sites excluding steroid dienone is 9. The van der Waals surface area contributed by atoms with Crippen LogP contribution in [0.15, 0.2) is 162 Å². The molecule has 0 saturated carbocycles. The molecular weight excluding hydrogens is 821 g/mol. The molecule has 11 heteroatoms. The summed E-state index contributed by atoms with van der Waals surface area (Å²) in [5.74, 6) is -0.852. The smallest absolute Gasteiger partial charge is 0.217 e. The van der Waals surface area contributed by atoms with Crippen LogP contribution in [0.25, 0.3) is 0 Å². The summed E-state index contributed by atoms with van der Waals surface area (Å²) in [6.07, 6.45) is 16.5. The molecule has 11 nitrogen and oxygen atoms in total. The van der Waals surface area contributed by atoms with Gasteiger partial charge in [-0.2, -0.15) is 0 Å². The number of nitrogens with two attached hydrogens (primary N) is 1. The Hall–Kier alpha value is -4.79. The van der Waals surface area contributed by atoms with Gasteiger partial charge in [0.05, 0.1) is 31.5 Å². The Kier molecular flexibility index (Phi) is 15.3. The minimum Gasteiger partial charge on any atom is -0.391 e. The average molecular weight is 885 g/mol. The Morgan fingerprint density at radius 2 is 1.12 bits per heavy atom. The Labute approximate surface area is 383 Å². The minimum absolute atomic E-state index is 0.0565. The molecule has 5 aliphatic rings. The molecule has 8 rings (SSSR count). The highest BCUT2D eigenvalue weighted by molar-refractivity contribution is 5.73. The Morgan fingerprint density at radius 3 is 1.58 bits per heavy atom. The molecule has 3 aromatic rings. The van der Waals surface area contributed by atoms with E-state index in [0.29, 0.717) is 0 Å². The SMILES string of the molecule is COC1OC(COC(C2=CC=CCC2)(C2=CC=CCC2)c2ccccc2)C(OC2OC(COC(C3=CC=CCC3)(c3ccccc3)c3ccccc3)C(C)C(O)C2N)C(O)C1NC(C)=O. The first-order chi connectivity index (χ1) is 31.7. The van der Waals surface area contributed by atoms with E-state index in [1.165, 1.54) is 14.0 Å². The monoisotopic (exact) mass is 884 g/mol. The van der Waals surface area contributed by atoms with Crippen molar-refractivity contribution in [1.29, 1.82) is 0 Å². The highest BCUT2D eigenvalue weighted by Gasteiger charge is 2.52. The summed E-state index contributed by atoms with van der Waals surface area (Å²) >= 11 is 0. The van der Waals surface area contributed by atoms with Gasteiger partial charge in [-0.15, -0.1) is 0 Å². The molecular formula is C54H64N2O9. The van der Waals surface area contributed by atoms with Crippen molar-refractivity contribution in [3.8, 4) is 0 Å². The third kappa shape index (κ3) is 9.72. The molecule has 0 aromatic heterocycles. The summed E-state index contributed by atoms with van der Waals surface area (Å²) in [7, 11) is 1.46. The van der Waals surface area contributed by atoms with Gasteiger partial charge < -0.3 is 49.7 Å². The van der Waals surface area contributed by atoms with E-state index in [-0.39, 0.29) is 19.1 Å². The van der Waals surface area contributed by atoms with Crippen LogP contribution in [0, 0.1) is 5.92 Å². The second-order valence-electron chi connectivity index (χ2n) is 17.6. The summed E-state index contributed by atoms with van der Waals surface area (Å²) in [5, 5.41) is 27.0. The number of amides is 1. The van der Waals surface area contributed by atoms with Crippen LogP contribution in [0.2, 0.25) is 0 Å². The fourth-order valence-electron chi connectivity index (χ4n) is 10.2. The first-order valence-electron chi connectivity index (χ1n) is 23.1. The molecule has 3 aliphatic carbocycles. The number of aliphatic hydroxyl groups is 2. The van der Waals surface area contributed by atoms with E-state index >= 15 is 0 Å². The van der Waals surface area contributed by atoms with Crippen molar-refractivity contribution in [1.82, 2.24) is 5.32 Å². The zero-order valence-electron chi connectivity index (χ0n) is 37.6. The number of ether oxygens (including phenoxy) is 6. The summed E-state index contributed by atoms with van der Waals surface area (Å²) in [4.78, 5) is 12.6. The second kappa shape index (κ2) is 21.2. The summed E-state index contributed by atoms with van der Waals surface area (Å²) in [6, 6.07) is 28.5. The van der Waals surface area contributed by atoms with Crippen LogP contribution in [0.1, 0.15) is 69.1 Å². The highest BCUT2D eigenvalue weighted by Crippen LogP contribution is 2.48. The van der Waals surface area contributed by atoms with Gasteiger partial charge in [0.15, 0.2) is 12.6 Å². The Bertz CT molecular complexity index is 2170. The van der Waals surface area contributed by atoms with Crippen LogP contribution in [-0.4, -0.2) is 91.6 Å². The van der Waals surface area contributed by atoms with Crippen molar-refractivity contribution in [3.05, 3.63) is 179 Å². The molecule has 5 N–H and O–H groups in total. The van der Waals surface area contributed by atoms with Gasteiger partial charge in [0.1, 0.15) is 35.6 Å². The zero-order valence-corrected chi connectivity index (χ0v) is 37.6. The molecule has 0 radical (unpaired) electrons. The van der Waals surface area contributed by atoms with Crippen molar-refractivity contribution < 1.29 is 43.4 Å². The lowest BCUT2D eigenvalue weighted by atomic mass is 9.74. The predicted octanol–water partition coefficient (Wildman–Crippen LogP) is 7.36. The van der Waals surface area contributed by atoms with Crippen molar-refractivity contribution >= 4 is 5.91 Å². The molecule has 3 aromatic carbocycles. The van der Waals surface area contributed by atoms with E-state index in [1.54, 1.807) is 0 Å². The van der Waals surface area contributed by atoms with E-state index in [0.717, 1.165) is 71.9 Å². The number of methoxy groups -OCH3 is 1. The Balaban J connectivity index is 1.12. The number of benzene rings is 3. The van der Waals surface area contributed by atoms with Gasteiger partial charge in [-0.05, 0) is 71.9 Å². The number of carbonyl (C=O) groups is 1. The fourth-order valence-corrected chi connectivity index (χ4v) is 10.2. The maximum atomic E-state index is 12.6. The standard InChI is InChI=1S/C54H64N2O9/c1-36-44(34-61-53(38-22-10-4-11-23-38,39-24-12-5-13-25-39)40-26-14-6-15-27-40)63-51(46(55)48(36)58)65-50-45(64-52(60-3)47(49(50)59)56-37(2)57)35-62-54(41-28-16-7-17-29-41,42-30-18-8-19-31-42)43-32-20-9-21-33-43/h4-14,16-18,20,22-26,28-30,32,36,44-52,58-59H,15,19,21,27,31,33-35,55H2,1-3H3,(H,56,57). The first-order valence-corrected chi connectivity index (χ1v) is 23.1. The molecule has 0 bridgehead atoms. The third-order valence-corrected chi connectivity index (χ3v) is 13.6. The van der Waals surface area contributed by atoms with Crippen molar-refractivity contribution in [2.24, 2.45) is 11.7 Å². The number of rotatable bonds is 16. The number of hydrogen-bond acceptors (Lipinski definition) is 10. The van der Waals surface area contributed by atoms with E-state index in [9.17, 15) is 15.0 Å². The second-order valence-corrected chi connectivity index (χ2v) is 17.6. The molecule has 10 atom stereocenters. The predicted molar refractivity (Wildman–Crippen MR) is 249 cm³/mol.